The molecule has 0 aromatic heterocycles. The molecule has 0 spiro atoms. The van der Waals surface area contributed by atoms with Crippen molar-refractivity contribution in [1.82, 2.24) is 0 Å². The van der Waals surface area contributed by atoms with Crippen LogP contribution >= 0.6 is 0 Å². The van der Waals surface area contributed by atoms with Crippen molar-refractivity contribution in [1.29, 1.82) is 0 Å². The summed E-state index contributed by atoms with van der Waals surface area (Å²) < 4.78 is 18.1. The van der Waals surface area contributed by atoms with Crippen LogP contribution in [0.1, 0.15) is 336 Å². The molecule has 0 aliphatic rings. The zero-order valence-electron chi connectivity index (χ0n) is 46.3. The van der Waals surface area contributed by atoms with Crippen molar-refractivity contribution >= 4 is 25.9 Å². The quantitative estimate of drug-likeness (QED) is 0.0257. The fourth-order valence-corrected chi connectivity index (χ4v) is 8.23. The fourth-order valence-electron chi connectivity index (χ4n) is 8.23. The van der Waals surface area contributed by atoms with Crippen LogP contribution in [0.3, 0.4) is 0 Å². The molecule has 0 heterocycles. The van der Waals surface area contributed by atoms with Crippen molar-refractivity contribution in [2.45, 2.75) is 336 Å². The maximum atomic E-state index is 9.76. The van der Waals surface area contributed by atoms with Crippen LogP contribution in [-0.4, -0.2) is 52.3 Å². The number of rotatable bonds is 56. The second kappa shape index (κ2) is 83.3. The molecule has 0 aromatic carbocycles. The Morgan fingerprint density at radius 2 is 0.290 bits per heavy atom. The smallest absolute Gasteiger partial charge is 0.0480 e. The first-order valence-electron chi connectivity index (χ1n) is 29.6. The van der Waals surface area contributed by atoms with E-state index < -0.39 is 0 Å². The molecular formula is C60H116CuO8-4. The molecule has 0 aliphatic heterocycles. The van der Waals surface area contributed by atoms with Crippen LogP contribution in [0, 0.1) is 0 Å². The molecular weight excluding hydrogens is 912 g/mol. The van der Waals surface area contributed by atoms with E-state index in [0.717, 1.165) is 25.7 Å². The SMILES string of the molecule is CCCCCCCCCCCCCCO[C-]=O.CCCCCCCCCCCCCCO[C-]=O.CCCCCCCCCCCCCCO[C-]=O.CCCCCCCCCCCCCCO[C-]=O.[Cu]. The Hall–Kier alpha value is -1.60. The average molecular weight is 1030 g/mol. The molecule has 9 heteroatoms. The van der Waals surface area contributed by atoms with E-state index >= 15 is 0 Å². The third-order valence-electron chi connectivity index (χ3n) is 12.6. The third kappa shape index (κ3) is 93.1. The first kappa shape index (κ1) is 76.3. The molecule has 0 saturated heterocycles. The van der Waals surface area contributed by atoms with Gasteiger partial charge in [-0.15, -0.1) is 0 Å². The van der Waals surface area contributed by atoms with Crippen molar-refractivity contribution in [2.75, 3.05) is 26.4 Å². The summed E-state index contributed by atoms with van der Waals surface area (Å²) in [7, 11) is 0. The minimum atomic E-state index is 0. The van der Waals surface area contributed by atoms with Gasteiger partial charge in [-0.1, -0.05) is 336 Å². The van der Waals surface area contributed by atoms with Crippen LogP contribution < -0.4 is 0 Å². The second-order valence-electron chi connectivity index (χ2n) is 19.3. The van der Waals surface area contributed by atoms with Crippen LogP contribution in [0.4, 0.5) is 0 Å². The summed E-state index contributed by atoms with van der Waals surface area (Å²) >= 11 is 0. The third-order valence-corrected chi connectivity index (χ3v) is 12.6. The summed E-state index contributed by atoms with van der Waals surface area (Å²) in [4.78, 5) is 39.0. The van der Waals surface area contributed by atoms with Crippen molar-refractivity contribution in [2.24, 2.45) is 0 Å². The van der Waals surface area contributed by atoms with Crippen molar-refractivity contribution in [3.63, 3.8) is 0 Å². The number of hydrogen-bond donors (Lipinski definition) is 0. The van der Waals surface area contributed by atoms with Crippen LogP contribution in [0.2, 0.25) is 0 Å². The van der Waals surface area contributed by atoms with Gasteiger partial charge >= 0.3 is 0 Å². The maximum absolute atomic E-state index is 9.76. The van der Waals surface area contributed by atoms with Gasteiger partial charge in [0.15, 0.2) is 0 Å². The molecule has 0 aromatic rings. The van der Waals surface area contributed by atoms with Gasteiger partial charge in [0.05, 0.1) is 0 Å². The van der Waals surface area contributed by atoms with Crippen LogP contribution in [0.5, 0.6) is 0 Å². The van der Waals surface area contributed by atoms with Gasteiger partial charge in [-0.3, -0.25) is 0 Å². The minimum Gasteiger partial charge on any atom is -0.653 e. The Balaban J connectivity index is -0.000000263. The van der Waals surface area contributed by atoms with E-state index in [1.54, 1.807) is 0 Å². The van der Waals surface area contributed by atoms with Gasteiger partial charge in [-0.25, -0.2) is 0 Å². The first-order chi connectivity index (χ1) is 33.7. The minimum absolute atomic E-state index is 0. The first-order valence-corrected chi connectivity index (χ1v) is 29.6. The molecule has 0 saturated carbocycles. The average Bonchev–Trinajstić information content (AvgIpc) is 3.35. The molecule has 0 unspecified atom stereocenters. The molecule has 8 nitrogen and oxygen atoms in total. The molecule has 419 valence electrons. The predicted octanol–water partition coefficient (Wildman–Crippen LogP) is 19.1. The van der Waals surface area contributed by atoms with E-state index in [1.165, 1.54) is 308 Å². The summed E-state index contributed by atoms with van der Waals surface area (Å²) in [5.74, 6) is 0. The standard InChI is InChI=1S/4C15H29O2.Cu/c4*1-2-3-4-5-6-7-8-9-10-11-12-13-14-17-15-16;/h4*2-14H2,1H3;/q4*-1;. The molecule has 0 atom stereocenters. The summed E-state index contributed by atoms with van der Waals surface area (Å²) in [5, 5.41) is 0. The van der Waals surface area contributed by atoms with Crippen molar-refractivity contribution < 1.29 is 55.2 Å². The molecule has 0 N–H and O–H groups in total. The summed E-state index contributed by atoms with van der Waals surface area (Å²) in [6.07, 6.45) is 63.8. The molecule has 0 fully saturated rings. The molecule has 69 heavy (non-hydrogen) atoms. The normalized spacial score (nSPS) is 10.3. The topological polar surface area (TPSA) is 105 Å². The molecule has 0 bridgehead atoms. The number of ether oxygens (including phenoxy) is 4. The van der Waals surface area contributed by atoms with Gasteiger partial charge in [0.1, 0.15) is 0 Å². The predicted molar refractivity (Wildman–Crippen MR) is 291 cm³/mol. The van der Waals surface area contributed by atoms with E-state index in [9.17, 15) is 19.2 Å². The van der Waals surface area contributed by atoms with Crippen molar-refractivity contribution in [3.05, 3.63) is 0 Å². The van der Waals surface area contributed by atoms with Gasteiger partial charge < -0.3 is 38.1 Å². The van der Waals surface area contributed by atoms with E-state index in [2.05, 4.69) is 46.6 Å². The number of unbranched alkanes of at least 4 members (excludes halogenated alkanes) is 44. The Bertz CT molecular complexity index is 727. The maximum Gasteiger partial charge on any atom is 0.0480 e. The van der Waals surface area contributed by atoms with Crippen molar-refractivity contribution in [3.8, 4) is 0 Å². The Kier molecular flexibility index (Phi) is 92.1. The summed E-state index contributed by atoms with van der Waals surface area (Å²) in [6.45, 7) is 17.0. The second-order valence-corrected chi connectivity index (χ2v) is 19.3. The van der Waals surface area contributed by atoms with E-state index in [1.807, 2.05) is 0 Å². The van der Waals surface area contributed by atoms with E-state index in [-0.39, 0.29) is 17.1 Å². The van der Waals surface area contributed by atoms with Gasteiger partial charge in [0.25, 0.3) is 0 Å². The van der Waals surface area contributed by atoms with Crippen LogP contribution in [0.15, 0.2) is 0 Å². The number of carbonyl (C=O) groups excluding carboxylic acids is 4. The molecule has 1 radical (unpaired) electrons. The largest absolute Gasteiger partial charge is 0.653 e. The Labute approximate surface area is 441 Å². The zero-order valence-corrected chi connectivity index (χ0v) is 47.3. The van der Waals surface area contributed by atoms with Gasteiger partial charge in [0, 0.05) is 43.5 Å². The summed E-state index contributed by atoms with van der Waals surface area (Å²) in [5.41, 5.74) is 0. The summed E-state index contributed by atoms with van der Waals surface area (Å²) in [6, 6.07) is 0. The van der Waals surface area contributed by atoms with Crippen LogP contribution in [-0.2, 0) is 55.2 Å². The Morgan fingerprint density at radius 3 is 0.391 bits per heavy atom. The van der Waals surface area contributed by atoms with Crippen LogP contribution in [0.25, 0.3) is 0 Å². The fraction of sp³-hybridized carbons (Fsp3) is 0.933. The molecule has 0 aliphatic carbocycles. The zero-order chi connectivity index (χ0) is 50.4. The molecule has 0 amide bonds. The Morgan fingerprint density at radius 1 is 0.188 bits per heavy atom. The van der Waals surface area contributed by atoms with Gasteiger partial charge in [-0.2, -0.15) is 0 Å². The number of hydrogen-bond acceptors (Lipinski definition) is 8. The monoisotopic (exact) mass is 1030 g/mol. The van der Waals surface area contributed by atoms with E-state index in [0.29, 0.717) is 26.4 Å². The van der Waals surface area contributed by atoms with Gasteiger partial charge in [0.2, 0.25) is 0 Å². The van der Waals surface area contributed by atoms with E-state index in [4.69, 9.17) is 0 Å². The van der Waals surface area contributed by atoms with Gasteiger partial charge in [-0.05, 0) is 25.7 Å². The molecule has 0 rings (SSSR count).